The van der Waals surface area contributed by atoms with Gasteiger partial charge in [-0.2, -0.15) is 0 Å². The first-order chi connectivity index (χ1) is 23.3. The van der Waals surface area contributed by atoms with Gasteiger partial charge in [-0.3, -0.25) is 33.8 Å². The molecule has 2 aromatic rings. The van der Waals surface area contributed by atoms with Crippen molar-refractivity contribution < 1.29 is 47.0 Å². The monoisotopic (exact) mass is 715 g/mol. The van der Waals surface area contributed by atoms with E-state index in [1.807, 2.05) is 0 Å². The third kappa shape index (κ3) is 8.94. The number of imide groups is 2. The van der Waals surface area contributed by atoms with Gasteiger partial charge in [0, 0.05) is 30.6 Å². The summed E-state index contributed by atoms with van der Waals surface area (Å²) in [4.78, 5) is 63.6. The highest BCUT2D eigenvalue weighted by atomic mass is 35.5. The van der Waals surface area contributed by atoms with Crippen LogP contribution in [0.4, 0.5) is 8.78 Å². The van der Waals surface area contributed by atoms with Gasteiger partial charge < -0.3 is 19.9 Å². The van der Waals surface area contributed by atoms with Crippen molar-refractivity contribution >= 4 is 42.0 Å². The summed E-state index contributed by atoms with van der Waals surface area (Å²) in [5.74, 6) is -0.712. The van der Waals surface area contributed by atoms with Gasteiger partial charge in [0.2, 0.25) is 0 Å². The molecule has 2 aromatic carbocycles. The fourth-order valence-electron chi connectivity index (χ4n) is 5.29. The lowest BCUT2D eigenvalue weighted by molar-refractivity contribution is -0.154. The Kier molecular flexibility index (Phi) is 12.2. The average molecular weight is 716 g/mol. The number of ether oxygens (including phenoxy) is 3. The Balaban J connectivity index is 0.000000229. The van der Waals surface area contributed by atoms with E-state index in [9.17, 15) is 32.8 Å². The standard InChI is InChI=1S/C21H24FNO5.C15H15FN2O3.ClH/c1-21(2,3)28-18(24)9-4-13(11-22)12-27-15-7-8-16-17(10-15)20(26)23(19(16)25)14-5-6-14;16-6-9(7-17)8-21-11-3-4-12-13(5-11)15(20)18(14(12)19)10-1-2-10;/h7-8,10-11,14H,4-6,9,12H2,1-3H3;3-6,10H,1-2,7-8,17H2;1H/b13-11-;9-6-;. The van der Waals surface area contributed by atoms with E-state index in [1.54, 1.807) is 45.0 Å². The van der Waals surface area contributed by atoms with Gasteiger partial charge in [-0.15, -0.1) is 12.4 Å². The second-order valence-corrected chi connectivity index (χ2v) is 13.2. The van der Waals surface area contributed by atoms with Crippen LogP contribution in [-0.4, -0.2) is 76.8 Å². The molecule has 2 N–H and O–H groups in total. The van der Waals surface area contributed by atoms with Crippen LogP contribution in [0.1, 0.15) is 101 Å². The quantitative estimate of drug-likeness (QED) is 0.211. The SMILES string of the molecule is CC(C)(C)OC(=O)CC/C(=C/F)COc1ccc2c(c1)C(=O)N(C1CC1)C2=O.Cl.NC/C(=C/F)COc1ccc2c(c1)C(=O)N(C1CC1)C2=O. The summed E-state index contributed by atoms with van der Waals surface area (Å²) in [5.41, 5.74) is 6.81. The van der Waals surface area contributed by atoms with Crippen molar-refractivity contribution in [3.8, 4) is 11.5 Å². The predicted octanol–water partition coefficient (Wildman–Crippen LogP) is 5.86. The van der Waals surface area contributed by atoms with E-state index in [1.165, 1.54) is 21.9 Å². The van der Waals surface area contributed by atoms with Gasteiger partial charge in [0.05, 0.1) is 34.9 Å². The Morgan fingerprint density at radius 2 is 1.16 bits per heavy atom. The topological polar surface area (TPSA) is 146 Å². The second-order valence-electron chi connectivity index (χ2n) is 13.2. The van der Waals surface area contributed by atoms with Crippen molar-refractivity contribution in [1.82, 2.24) is 9.80 Å². The summed E-state index contributed by atoms with van der Waals surface area (Å²) >= 11 is 0. The predicted molar refractivity (Wildman–Crippen MR) is 181 cm³/mol. The van der Waals surface area contributed by atoms with Crippen LogP contribution < -0.4 is 15.2 Å². The van der Waals surface area contributed by atoms with E-state index < -0.39 is 11.6 Å². The molecule has 11 nitrogen and oxygen atoms in total. The lowest BCUT2D eigenvalue weighted by atomic mass is 10.1. The molecular formula is C36H40ClF2N3O8. The average Bonchev–Trinajstić information content (AvgIpc) is 4.01. The normalized spacial score (nSPS) is 17.2. The summed E-state index contributed by atoms with van der Waals surface area (Å²) < 4.78 is 41.7. The Morgan fingerprint density at radius 1 is 0.740 bits per heavy atom. The molecule has 2 heterocycles. The number of hydrogen-bond acceptors (Lipinski definition) is 9. The number of carbonyl (C=O) groups is 5. The fourth-order valence-corrected chi connectivity index (χ4v) is 5.29. The number of rotatable bonds is 12. The fraction of sp³-hybridized carbons (Fsp3) is 0.417. The number of hydrogen-bond donors (Lipinski definition) is 1. The minimum absolute atomic E-state index is 0. The van der Waals surface area contributed by atoms with Crippen LogP contribution >= 0.6 is 12.4 Å². The Morgan fingerprint density at radius 3 is 1.54 bits per heavy atom. The zero-order valence-electron chi connectivity index (χ0n) is 28.0. The minimum Gasteiger partial charge on any atom is -0.489 e. The molecule has 0 bridgehead atoms. The summed E-state index contributed by atoms with van der Waals surface area (Å²) in [6, 6.07) is 9.43. The number of halogens is 3. The molecule has 2 aliphatic carbocycles. The van der Waals surface area contributed by atoms with Crippen LogP contribution in [0.25, 0.3) is 0 Å². The van der Waals surface area contributed by atoms with Crippen molar-refractivity contribution in [2.75, 3.05) is 19.8 Å². The molecule has 0 spiro atoms. The molecule has 0 unspecified atom stereocenters. The number of esters is 1. The zero-order valence-corrected chi connectivity index (χ0v) is 28.9. The molecule has 0 radical (unpaired) electrons. The largest absolute Gasteiger partial charge is 0.489 e. The highest BCUT2D eigenvalue weighted by molar-refractivity contribution is 6.22. The molecule has 6 rings (SSSR count). The van der Waals surface area contributed by atoms with Gasteiger partial charge in [-0.05, 0) is 94.8 Å². The van der Waals surface area contributed by atoms with Gasteiger partial charge in [0.25, 0.3) is 23.6 Å². The van der Waals surface area contributed by atoms with Gasteiger partial charge in [0.1, 0.15) is 30.3 Å². The lowest BCUT2D eigenvalue weighted by Crippen LogP contribution is -2.31. The van der Waals surface area contributed by atoms with Crippen molar-refractivity contribution in [3.63, 3.8) is 0 Å². The lowest BCUT2D eigenvalue weighted by Gasteiger charge is -2.19. The zero-order chi connectivity index (χ0) is 35.5. The molecule has 2 fully saturated rings. The maximum absolute atomic E-state index is 13.1. The first-order valence-corrected chi connectivity index (χ1v) is 16.1. The Labute approximate surface area is 294 Å². The summed E-state index contributed by atoms with van der Waals surface area (Å²) in [6.07, 6.45) is 4.48. The van der Waals surface area contributed by atoms with Crippen LogP contribution in [0.3, 0.4) is 0 Å². The Hall–Kier alpha value is -4.62. The second kappa shape index (κ2) is 15.9. The molecule has 0 aromatic heterocycles. The molecule has 4 amide bonds. The first-order valence-electron chi connectivity index (χ1n) is 16.1. The highest BCUT2D eigenvalue weighted by Crippen LogP contribution is 2.37. The van der Waals surface area contributed by atoms with Crippen LogP contribution in [0, 0.1) is 0 Å². The molecular weight excluding hydrogens is 676 g/mol. The van der Waals surface area contributed by atoms with E-state index in [0.717, 1.165) is 25.7 Å². The van der Waals surface area contributed by atoms with Crippen LogP contribution in [0.5, 0.6) is 11.5 Å². The first kappa shape index (κ1) is 38.2. The molecule has 268 valence electrons. The summed E-state index contributed by atoms with van der Waals surface area (Å²) in [6.45, 7) is 5.32. The molecule has 50 heavy (non-hydrogen) atoms. The smallest absolute Gasteiger partial charge is 0.306 e. The van der Waals surface area contributed by atoms with E-state index >= 15 is 0 Å². The summed E-state index contributed by atoms with van der Waals surface area (Å²) in [5, 5.41) is 0. The third-order valence-electron chi connectivity index (χ3n) is 8.09. The van der Waals surface area contributed by atoms with E-state index in [0.29, 0.717) is 57.6 Å². The van der Waals surface area contributed by atoms with Gasteiger partial charge in [-0.1, -0.05) is 0 Å². The Bertz CT molecular complexity index is 1730. The number of carbonyl (C=O) groups excluding carboxylic acids is 5. The number of nitrogens with two attached hydrogens (primary N) is 1. The maximum Gasteiger partial charge on any atom is 0.306 e. The number of fused-ring (bicyclic) bond motifs is 2. The molecule has 2 saturated carbocycles. The van der Waals surface area contributed by atoms with E-state index in [2.05, 4.69) is 0 Å². The van der Waals surface area contributed by atoms with Crippen molar-refractivity contribution in [1.29, 1.82) is 0 Å². The molecule has 0 saturated heterocycles. The minimum atomic E-state index is -0.587. The highest BCUT2D eigenvalue weighted by Gasteiger charge is 2.45. The van der Waals surface area contributed by atoms with Gasteiger partial charge in [0.15, 0.2) is 0 Å². The molecule has 2 aliphatic heterocycles. The summed E-state index contributed by atoms with van der Waals surface area (Å²) in [7, 11) is 0. The molecule has 14 heteroatoms. The number of amides is 4. The number of nitrogens with zero attached hydrogens (tertiary/aromatic N) is 2. The van der Waals surface area contributed by atoms with Crippen molar-refractivity contribution in [3.05, 3.63) is 82.5 Å². The van der Waals surface area contributed by atoms with Gasteiger partial charge >= 0.3 is 5.97 Å². The van der Waals surface area contributed by atoms with Crippen molar-refractivity contribution in [2.24, 2.45) is 5.73 Å². The molecule has 4 aliphatic rings. The van der Waals surface area contributed by atoms with Crippen LogP contribution in [0.15, 0.2) is 60.2 Å². The van der Waals surface area contributed by atoms with E-state index in [4.69, 9.17) is 19.9 Å². The van der Waals surface area contributed by atoms with Crippen LogP contribution in [-0.2, 0) is 9.53 Å². The van der Waals surface area contributed by atoms with Gasteiger partial charge in [-0.25, -0.2) is 8.78 Å². The van der Waals surface area contributed by atoms with Crippen molar-refractivity contribution in [2.45, 2.75) is 77.0 Å². The van der Waals surface area contributed by atoms with Crippen LogP contribution in [0.2, 0.25) is 0 Å². The third-order valence-corrected chi connectivity index (χ3v) is 8.09. The number of benzene rings is 2. The molecule has 0 atom stereocenters. The van der Waals surface area contributed by atoms with E-state index in [-0.39, 0.29) is 80.7 Å². The maximum atomic E-state index is 13.1.